The molecule has 0 aromatic heterocycles. The van der Waals surface area contributed by atoms with E-state index >= 15 is 0 Å². The van der Waals surface area contributed by atoms with Crippen molar-refractivity contribution in [3.63, 3.8) is 0 Å². The fourth-order valence-electron chi connectivity index (χ4n) is 0.386. The molecule has 0 aliphatic carbocycles. The van der Waals surface area contributed by atoms with Crippen LogP contribution in [0.4, 0.5) is 0 Å². The molecule has 4 heteroatoms. The minimum atomic E-state index is -0.588. The van der Waals surface area contributed by atoms with Crippen molar-refractivity contribution in [3.05, 3.63) is 0 Å². The third kappa shape index (κ3) is 6.37. The summed E-state index contributed by atoms with van der Waals surface area (Å²) in [6.45, 7) is 2.30. The average Bonchev–Trinajstić information content (AvgIpc) is 1.85. The zero-order chi connectivity index (χ0) is 7.11. The number of ether oxygens (including phenoxy) is 1. The van der Waals surface area contributed by atoms with Gasteiger partial charge in [-0.05, 0) is 0 Å². The number of esters is 1. The Morgan fingerprint density at radius 1 is 1.78 bits per heavy atom. The van der Waals surface area contributed by atoms with Crippen LogP contribution in [0.5, 0.6) is 0 Å². The molecule has 0 aromatic rings. The van der Waals surface area contributed by atoms with Gasteiger partial charge in [-0.15, -0.1) is 0 Å². The summed E-state index contributed by atoms with van der Waals surface area (Å²) in [5, 5.41) is 0. The van der Waals surface area contributed by atoms with Crippen molar-refractivity contribution in [2.75, 3.05) is 6.61 Å². The van der Waals surface area contributed by atoms with E-state index in [1.165, 1.54) is 0 Å². The van der Waals surface area contributed by atoms with Crippen LogP contribution in [-0.2, 0) is 9.53 Å². The molecule has 0 bridgehead atoms. The first-order chi connectivity index (χ1) is 4.31. The van der Waals surface area contributed by atoms with Crippen molar-refractivity contribution >= 4 is 34.5 Å². The van der Waals surface area contributed by atoms with Crippen LogP contribution in [0.2, 0.25) is 4.44 Å². The molecule has 1 radical (unpaired) electrons. The maximum atomic E-state index is 10.6. The summed E-state index contributed by atoms with van der Waals surface area (Å²) in [7, 11) is 4.82. The van der Waals surface area contributed by atoms with Crippen molar-refractivity contribution in [1.29, 1.82) is 0 Å². The van der Waals surface area contributed by atoms with Gasteiger partial charge in [-0.25, -0.2) is 0 Å². The van der Waals surface area contributed by atoms with Gasteiger partial charge in [-0.1, -0.05) is 0 Å². The van der Waals surface area contributed by atoms with Gasteiger partial charge in [0, 0.05) is 0 Å². The fraction of sp³-hybridized carbons (Fsp3) is 0.800. The second-order valence-electron chi connectivity index (χ2n) is 1.45. The Labute approximate surface area is 68.3 Å². The van der Waals surface area contributed by atoms with Gasteiger partial charge in [0.25, 0.3) is 0 Å². The molecule has 9 heavy (non-hydrogen) atoms. The molecule has 0 saturated heterocycles. The fourth-order valence-corrected chi connectivity index (χ4v) is 1.94. The molecule has 0 unspecified atom stereocenters. The topological polar surface area (TPSA) is 26.3 Å². The van der Waals surface area contributed by atoms with E-state index in [2.05, 4.69) is 4.74 Å². The average molecular weight is 252 g/mol. The summed E-state index contributed by atoms with van der Waals surface area (Å²) in [5.41, 5.74) is 0. The van der Waals surface area contributed by atoms with Crippen LogP contribution < -0.4 is 0 Å². The van der Waals surface area contributed by atoms with Crippen molar-refractivity contribution in [3.8, 4) is 0 Å². The molecular formula is C5H9O2SSn. The van der Waals surface area contributed by atoms with Gasteiger partial charge in [0.2, 0.25) is 0 Å². The predicted octanol–water partition coefficient (Wildman–Crippen LogP) is 1.17. The Morgan fingerprint density at radius 3 is 2.89 bits per heavy atom. The Bertz CT molecular complexity index is 105. The molecule has 0 heterocycles. The number of hydrogen-bond donors (Lipinski definition) is 0. The maximum absolute atomic E-state index is 10.6. The molecule has 0 amide bonds. The quantitative estimate of drug-likeness (QED) is 0.555. The Balaban J connectivity index is 3.16. The molecule has 0 spiro atoms. The summed E-state index contributed by atoms with van der Waals surface area (Å²) >= 11 is -0.588. The van der Waals surface area contributed by atoms with Gasteiger partial charge in [-0.2, -0.15) is 0 Å². The van der Waals surface area contributed by atoms with Crippen LogP contribution >= 0.6 is 9.29 Å². The molecule has 0 fully saturated rings. The summed E-state index contributed by atoms with van der Waals surface area (Å²) < 4.78 is 5.61. The molecule has 2 nitrogen and oxygen atoms in total. The van der Waals surface area contributed by atoms with Gasteiger partial charge in [0.05, 0.1) is 0 Å². The molecule has 51 valence electrons. The number of hydrogen-bond acceptors (Lipinski definition) is 3. The zero-order valence-electron chi connectivity index (χ0n) is 5.35. The summed E-state index contributed by atoms with van der Waals surface area (Å²) in [6.07, 6.45) is 0.545. The standard InChI is InChI=1S/C5H9O2.S.Sn/c1-3-5(6)7-4-2;;/h1,3-4H2,2H3;;. The number of rotatable bonds is 4. The van der Waals surface area contributed by atoms with E-state index in [0.29, 0.717) is 13.0 Å². The summed E-state index contributed by atoms with van der Waals surface area (Å²) in [6, 6.07) is 0. The van der Waals surface area contributed by atoms with E-state index in [-0.39, 0.29) is 5.97 Å². The second-order valence-corrected chi connectivity index (χ2v) is 5.64. The van der Waals surface area contributed by atoms with Gasteiger partial charge in [0.1, 0.15) is 0 Å². The molecule has 0 aliphatic heterocycles. The molecule has 0 saturated carbocycles. The molecular weight excluding hydrogens is 243 g/mol. The molecule has 0 N–H and O–H groups in total. The molecule has 0 aromatic carbocycles. The Morgan fingerprint density at radius 2 is 2.44 bits per heavy atom. The molecule has 0 aliphatic rings. The Hall–Kier alpha value is 0.489. The van der Waals surface area contributed by atoms with Gasteiger partial charge >= 0.3 is 68.4 Å². The van der Waals surface area contributed by atoms with E-state index < -0.39 is 19.2 Å². The third-order valence-electron chi connectivity index (χ3n) is 0.737. The van der Waals surface area contributed by atoms with Gasteiger partial charge in [0.15, 0.2) is 0 Å². The first kappa shape index (κ1) is 9.49. The van der Waals surface area contributed by atoms with Gasteiger partial charge in [-0.3, -0.25) is 0 Å². The normalized spacial score (nSPS) is 8.56. The van der Waals surface area contributed by atoms with Crippen molar-refractivity contribution in [2.24, 2.45) is 0 Å². The van der Waals surface area contributed by atoms with Crippen LogP contribution in [0.3, 0.4) is 0 Å². The van der Waals surface area contributed by atoms with Crippen molar-refractivity contribution in [1.82, 2.24) is 0 Å². The van der Waals surface area contributed by atoms with E-state index in [1.807, 2.05) is 6.92 Å². The first-order valence-electron chi connectivity index (χ1n) is 2.82. The van der Waals surface area contributed by atoms with Crippen LogP contribution in [0.1, 0.15) is 13.3 Å². The van der Waals surface area contributed by atoms with Crippen LogP contribution in [0.15, 0.2) is 0 Å². The monoisotopic (exact) mass is 253 g/mol. The number of carbonyl (C=O) groups is 1. The summed E-state index contributed by atoms with van der Waals surface area (Å²) in [4.78, 5) is 10.6. The Kier molecular flexibility index (Phi) is 6.97. The van der Waals surface area contributed by atoms with E-state index in [9.17, 15) is 4.79 Å². The number of carbonyl (C=O) groups excluding carboxylic acids is 1. The summed E-state index contributed by atoms with van der Waals surface area (Å²) in [5.74, 6) is -0.0942. The van der Waals surface area contributed by atoms with Crippen LogP contribution in [0, 0.1) is 0 Å². The van der Waals surface area contributed by atoms with E-state index in [1.54, 1.807) is 0 Å². The first-order valence-corrected chi connectivity index (χ1v) is 8.74. The van der Waals surface area contributed by atoms with E-state index in [0.717, 1.165) is 4.44 Å². The molecule has 0 rings (SSSR count). The van der Waals surface area contributed by atoms with Crippen LogP contribution in [0.25, 0.3) is 0 Å². The van der Waals surface area contributed by atoms with Crippen molar-refractivity contribution < 1.29 is 9.53 Å². The molecule has 0 atom stereocenters. The van der Waals surface area contributed by atoms with Gasteiger partial charge < -0.3 is 0 Å². The predicted molar refractivity (Wildman–Crippen MR) is 39.4 cm³/mol. The second kappa shape index (κ2) is 6.61. The SMILES string of the molecule is CCOC(=O)C[CH2][Sn]=[S]. The van der Waals surface area contributed by atoms with Crippen LogP contribution in [-0.4, -0.2) is 31.8 Å². The third-order valence-corrected chi connectivity index (χ3v) is 3.40. The van der Waals surface area contributed by atoms with E-state index in [4.69, 9.17) is 9.29 Å². The minimum absolute atomic E-state index is 0.0942. The zero-order valence-corrected chi connectivity index (χ0v) is 9.02. The van der Waals surface area contributed by atoms with Crippen molar-refractivity contribution in [2.45, 2.75) is 17.8 Å².